The summed E-state index contributed by atoms with van der Waals surface area (Å²) in [5, 5.41) is 3.43. The average molecular weight is 192 g/mol. The molecule has 0 saturated carbocycles. The third-order valence-electron chi connectivity index (χ3n) is 2.84. The Morgan fingerprint density at radius 2 is 2.36 bits per heavy atom. The molecule has 14 heavy (non-hydrogen) atoms. The highest BCUT2D eigenvalue weighted by Crippen LogP contribution is 2.33. The van der Waals surface area contributed by atoms with Gasteiger partial charge in [-0.3, -0.25) is 0 Å². The molecule has 0 spiro atoms. The zero-order valence-corrected chi connectivity index (χ0v) is 8.60. The van der Waals surface area contributed by atoms with Crippen LogP contribution < -0.4 is 5.32 Å². The molecule has 1 aliphatic rings. The van der Waals surface area contributed by atoms with Crippen molar-refractivity contribution >= 4 is 0 Å². The maximum absolute atomic E-state index is 13.4. The summed E-state index contributed by atoms with van der Waals surface area (Å²) >= 11 is 0. The van der Waals surface area contributed by atoms with Gasteiger partial charge in [0.2, 0.25) is 0 Å². The van der Waals surface area contributed by atoms with Crippen molar-refractivity contribution in [3.05, 3.63) is 35.6 Å². The molecule has 1 nitrogen and oxygen atoms in total. The van der Waals surface area contributed by atoms with Crippen molar-refractivity contribution in [2.24, 2.45) is 0 Å². The van der Waals surface area contributed by atoms with Crippen LogP contribution in [0.3, 0.4) is 0 Å². The molecule has 1 fully saturated rings. The lowest BCUT2D eigenvalue weighted by molar-refractivity contribution is 0.427. The maximum Gasteiger partial charge on any atom is 0.128 e. The molecule has 1 aromatic carbocycles. The van der Waals surface area contributed by atoms with Crippen molar-refractivity contribution in [1.29, 1.82) is 0 Å². The van der Waals surface area contributed by atoms with E-state index in [1.165, 1.54) is 6.07 Å². The first-order chi connectivity index (χ1) is 6.58. The first-order valence-electron chi connectivity index (χ1n) is 5.02. The second-order valence-corrected chi connectivity index (χ2v) is 4.57. The van der Waals surface area contributed by atoms with Crippen molar-refractivity contribution in [3.63, 3.8) is 0 Å². The van der Waals surface area contributed by atoms with Gasteiger partial charge in [0, 0.05) is 17.1 Å². The van der Waals surface area contributed by atoms with Crippen molar-refractivity contribution < 1.29 is 4.39 Å². The van der Waals surface area contributed by atoms with Gasteiger partial charge in [0.1, 0.15) is 5.82 Å². The zero-order chi connectivity index (χ0) is 10.2. The van der Waals surface area contributed by atoms with E-state index in [0.29, 0.717) is 0 Å². The van der Waals surface area contributed by atoms with Crippen molar-refractivity contribution in [2.45, 2.75) is 38.3 Å². The Morgan fingerprint density at radius 3 is 2.93 bits per heavy atom. The van der Waals surface area contributed by atoms with Gasteiger partial charge in [0.15, 0.2) is 0 Å². The number of hydrogen-bond donors (Lipinski definition) is 1. The molecule has 2 heteroatoms. The molecule has 0 bridgehead atoms. The van der Waals surface area contributed by atoms with Crippen LogP contribution in [0, 0.1) is 11.9 Å². The SMILES string of the molecule is CC1(C)CCC(c2cc[c]cc2F)N1. The third kappa shape index (κ3) is 1.80. The second kappa shape index (κ2) is 3.35. The highest BCUT2D eigenvalue weighted by molar-refractivity contribution is 5.22. The van der Waals surface area contributed by atoms with Crippen molar-refractivity contribution in [3.8, 4) is 0 Å². The van der Waals surface area contributed by atoms with E-state index in [9.17, 15) is 4.39 Å². The summed E-state index contributed by atoms with van der Waals surface area (Å²) < 4.78 is 13.4. The number of halogens is 1. The molecule has 0 aromatic heterocycles. The second-order valence-electron chi connectivity index (χ2n) is 4.57. The molecular formula is C12H15FN. The minimum atomic E-state index is -0.150. The van der Waals surface area contributed by atoms with E-state index in [-0.39, 0.29) is 17.4 Å². The van der Waals surface area contributed by atoms with Crippen molar-refractivity contribution in [2.75, 3.05) is 0 Å². The molecule has 0 aliphatic carbocycles. The first kappa shape index (κ1) is 9.66. The standard InChI is InChI=1S/C12H15FN/c1-12(2)8-7-11(14-12)9-5-3-4-6-10(9)13/h3,5-6,11,14H,7-8H2,1-2H3. The average Bonchev–Trinajstić information content (AvgIpc) is 2.47. The summed E-state index contributed by atoms with van der Waals surface area (Å²) in [5.41, 5.74) is 0.908. The van der Waals surface area contributed by atoms with Crippen LogP contribution in [0.4, 0.5) is 4.39 Å². The van der Waals surface area contributed by atoms with Gasteiger partial charge in [-0.05, 0) is 38.8 Å². The normalized spacial score (nSPS) is 25.2. The predicted octanol–water partition coefficient (Wildman–Crippen LogP) is 2.83. The van der Waals surface area contributed by atoms with Crippen molar-refractivity contribution in [1.82, 2.24) is 5.32 Å². The van der Waals surface area contributed by atoms with Gasteiger partial charge < -0.3 is 5.32 Å². The number of hydrogen-bond acceptors (Lipinski definition) is 1. The first-order valence-corrected chi connectivity index (χ1v) is 5.02. The van der Waals surface area contributed by atoms with Gasteiger partial charge in [-0.25, -0.2) is 4.39 Å². The smallest absolute Gasteiger partial charge is 0.128 e. The van der Waals surface area contributed by atoms with Crippen LogP contribution in [0.5, 0.6) is 0 Å². The van der Waals surface area contributed by atoms with Crippen LogP contribution >= 0.6 is 0 Å². The van der Waals surface area contributed by atoms with Gasteiger partial charge in [-0.15, -0.1) is 0 Å². The van der Waals surface area contributed by atoms with Crippen LogP contribution in [-0.4, -0.2) is 5.54 Å². The molecule has 1 saturated heterocycles. The molecule has 1 aromatic rings. The number of rotatable bonds is 1. The molecule has 1 atom stereocenters. The fraction of sp³-hybridized carbons (Fsp3) is 0.500. The third-order valence-corrected chi connectivity index (χ3v) is 2.84. The summed E-state index contributed by atoms with van der Waals surface area (Å²) in [7, 11) is 0. The Bertz CT molecular complexity index is 333. The quantitative estimate of drug-likeness (QED) is 0.721. The fourth-order valence-corrected chi connectivity index (χ4v) is 2.06. The highest BCUT2D eigenvalue weighted by atomic mass is 19.1. The van der Waals surface area contributed by atoms with Gasteiger partial charge in [-0.1, -0.05) is 12.1 Å². The van der Waals surface area contributed by atoms with Gasteiger partial charge in [0.25, 0.3) is 0 Å². The molecule has 1 unspecified atom stereocenters. The Hall–Kier alpha value is -0.890. The monoisotopic (exact) mass is 192 g/mol. The number of nitrogens with one attached hydrogen (secondary N) is 1. The van der Waals surface area contributed by atoms with E-state index in [0.717, 1.165) is 18.4 Å². The summed E-state index contributed by atoms with van der Waals surface area (Å²) in [5.74, 6) is -0.150. The topological polar surface area (TPSA) is 12.0 Å². The van der Waals surface area contributed by atoms with Gasteiger partial charge >= 0.3 is 0 Å². The lowest BCUT2D eigenvalue weighted by Crippen LogP contribution is -2.33. The van der Waals surface area contributed by atoms with Gasteiger partial charge in [-0.2, -0.15) is 0 Å². The van der Waals surface area contributed by atoms with E-state index < -0.39 is 0 Å². The fourth-order valence-electron chi connectivity index (χ4n) is 2.06. The number of benzene rings is 1. The van der Waals surface area contributed by atoms with E-state index >= 15 is 0 Å². The van der Waals surface area contributed by atoms with E-state index in [1.54, 1.807) is 6.07 Å². The summed E-state index contributed by atoms with van der Waals surface area (Å²) in [6.07, 6.45) is 2.10. The maximum atomic E-state index is 13.4. The van der Waals surface area contributed by atoms with Crippen LogP contribution in [-0.2, 0) is 0 Å². The van der Waals surface area contributed by atoms with Crippen LogP contribution in [0.15, 0.2) is 18.2 Å². The Balaban J connectivity index is 2.22. The van der Waals surface area contributed by atoms with E-state index in [1.807, 2.05) is 6.07 Å². The van der Waals surface area contributed by atoms with E-state index in [4.69, 9.17) is 0 Å². The minimum absolute atomic E-state index is 0.136. The van der Waals surface area contributed by atoms with Crippen LogP contribution in [0.1, 0.15) is 38.3 Å². The highest BCUT2D eigenvalue weighted by Gasteiger charge is 2.31. The van der Waals surface area contributed by atoms with Crippen LogP contribution in [0.25, 0.3) is 0 Å². The summed E-state index contributed by atoms with van der Waals surface area (Å²) in [6.45, 7) is 4.31. The lowest BCUT2D eigenvalue weighted by Gasteiger charge is -2.20. The molecule has 0 amide bonds. The summed E-state index contributed by atoms with van der Waals surface area (Å²) in [6, 6.07) is 7.90. The molecule has 1 heterocycles. The lowest BCUT2D eigenvalue weighted by atomic mass is 10.0. The van der Waals surface area contributed by atoms with Gasteiger partial charge in [0.05, 0.1) is 0 Å². The summed E-state index contributed by atoms with van der Waals surface area (Å²) in [4.78, 5) is 0. The molecule has 1 radical (unpaired) electrons. The Morgan fingerprint density at radius 1 is 1.57 bits per heavy atom. The predicted molar refractivity (Wildman–Crippen MR) is 54.4 cm³/mol. The minimum Gasteiger partial charge on any atom is -0.305 e. The molecular weight excluding hydrogens is 177 g/mol. The largest absolute Gasteiger partial charge is 0.305 e. The Labute approximate surface area is 84.3 Å². The van der Waals surface area contributed by atoms with E-state index in [2.05, 4.69) is 25.2 Å². The molecule has 1 aliphatic heterocycles. The molecule has 75 valence electrons. The molecule has 2 rings (SSSR count). The zero-order valence-electron chi connectivity index (χ0n) is 8.60. The van der Waals surface area contributed by atoms with Crippen LogP contribution in [0.2, 0.25) is 0 Å². The molecule has 1 N–H and O–H groups in total. The Kier molecular flexibility index (Phi) is 2.31.